The van der Waals surface area contributed by atoms with Gasteiger partial charge >= 0.3 is 0 Å². The summed E-state index contributed by atoms with van der Waals surface area (Å²) in [5.41, 5.74) is 0. The third-order valence-electron chi connectivity index (χ3n) is 3.64. The van der Waals surface area contributed by atoms with E-state index in [0.29, 0.717) is 37.8 Å². The van der Waals surface area contributed by atoms with Crippen molar-refractivity contribution in [2.75, 3.05) is 37.6 Å². The Kier molecular flexibility index (Phi) is 4.79. The quantitative estimate of drug-likeness (QED) is 0.786. The maximum atomic E-state index is 12.3. The summed E-state index contributed by atoms with van der Waals surface area (Å²) in [4.78, 5) is 40.0. The highest BCUT2D eigenvalue weighted by Gasteiger charge is 2.26. The maximum Gasteiger partial charge on any atom is 0.242 e. The number of anilines is 1. The van der Waals surface area contributed by atoms with Gasteiger partial charge in [-0.05, 0) is 6.92 Å². The summed E-state index contributed by atoms with van der Waals surface area (Å²) in [5, 5.41) is 3.78. The van der Waals surface area contributed by atoms with Crippen molar-refractivity contribution in [3.05, 3.63) is 11.8 Å². The number of rotatable bonds is 3. The fourth-order valence-electron chi connectivity index (χ4n) is 2.34. The van der Waals surface area contributed by atoms with Crippen molar-refractivity contribution in [1.29, 1.82) is 0 Å². The van der Waals surface area contributed by atoms with Gasteiger partial charge in [-0.25, -0.2) is 0 Å². The molecule has 0 spiro atoms. The summed E-state index contributed by atoms with van der Waals surface area (Å²) in [6, 6.07) is 1.61. The van der Waals surface area contributed by atoms with Crippen LogP contribution in [-0.2, 0) is 14.4 Å². The van der Waals surface area contributed by atoms with Gasteiger partial charge in [-0.1, -0.05) is 5.16 Å². The lowest BCUT2D eigenvalue weighted by molar-refractivity contribution is -0.137. The van der Waals surface area contributed by atoms with E-state index in [1.807, 2.05) is 0 Å². The van der Waals surface area contributed by atoms with Crippen molar-refractivity contribution in [2.24, 2.45) is 0 Å². The molecule has 2 heterocycles. The summed E-state index contributed by atoms with van der Waals surface area (Å²) in [7, 11) is 0. The van der Waals surface area contributed by atoms with Crippen LogP contribution in [0, 0.1) is 6.92 Å². The monoisotopic (exact) mass is 308 g/mol. The van der Waals surface area contributed by atoms with E-state index in [2.05, 4.69) is 5.16 Å². The van der Waals surface area contributed by atoms with Crippen LogP contribution in [0.3, 0.4) is 0 Å². The first-order valence-electron chi connectivity index (χ1n) is 7.13. The molecule has 1 saturated heterocycles. The molecule has 0 atom stereocenters. The van der Waals surface area contributed by atoms with Crippen LogP contribution < -0.4 is 4.90 Å². The number of piperazine rings is 1. The first kappa shape index (κ1) is 16.0. The summed E-state index contributed by atoms with van der Waals surface area (Å²) in [6.07, 6.45) is 0. The highest BCUT2D eigenvalue weighted by molar-refractivity contribution is 5.96. The van der Waals surface area contributed by atoms with Crippen LogP contribution in [0.2, 0.25) is 0 Å². The number of hydrogen-bond donors (Lipinski definition) is 0. The second-order valence-corrected chi connectivity index (χ2v) is 5.29. The van der Waals surface area contributed by atoms with Gasteiger partial charge in [0.1, 0.15) is 12.3 Å². The Morgan fingerprint density at radius 2 is 1.77 bits per heavy atom. The normalized spacial score (nSPS) is 14.9. The van der Waals surface area contributed by atoms with Gasteiger partial charge in [0.25, 0.3) is 0 Å². The van der Waals surface area contributed by atoms with Crippen LogP contribution in [0.5, 0.6) is 0 Å². The van der Waals surface area contributed by atoms with Gasteiger partial charge in [-0.3, -0.25) is 19.3 Å². The van der Waals surface area contributed by atoms with E-state index in [9.17, 15) is 14.4 Å². The summed E-state index contributed by atoms with van der Waals surface area (Å²) < 4.78 is 4.95. The van der Waals surface area contributed by atoms with Crippen LogP contribution in [0.15, 0.2) is 10.6 Å². The Labute approximate surface area is 128 Å². The minimum Gasteiger partial charge on any atom is -0.360 e. The van der Waals surface area contributed by atoms with Crippen molar-refractivity contribution in [2.45, 2.75) is 20.8 Å². The predicted molar refractivity (Wildman–Crippen MR) is 78.1 cm³/mol. The second kappa shape index (κ2) is 6.59. The lowest BCUT2D eigenvalue weighted by atomic mass is 10.3. The molecule has 0 radical (unpaired) electrons. The van der Waals surface area contributed by atoms with Gasteiger partial charge in [-0.15, -0.1) is 0 Å². The van der Waals surface area contributed by atoms with Crippen molar-refractivity contribution >= 4 is 23.5 Å². The summed E-state index contributed by atoms with van der Waals surface area (Å²) >= 11 is 0. The molecule has 1 aliphatic rings. The smallest absolute Gasteiger partial charge is 0.242 e. The molecule has 8 nitrogen and oxygen atoms in total. The molecule has 1 aromatic heterocycles. The summed E-state index contributed by atoms with van der Waals surface area (Å²) in [6.45, 7) is 6.52. The fourth-order valence-corrected chi connectivity index (χ4v) is 2.34. The number of nitrogens with zero attached hydrogens (tertiary/aromatic N) is 4. The Morgan fingerprint density at radius 3 is 2.23 bits per heavy atom. The average Bonchev–Trinajstić information content (AvgIpc) is 2.90. The average molecular weight is 308 g/mol. The van der Waals surface area contributed by atoms with Crippen LogP contribution in [-0.4, -0.2) is 65.4 Å². The predicted octanol–water partition coefficient (Wildman–Crippen LogP) is 0.0266. The third-order valence-corrected chi connectivity index (χ3v) is 3.64. The first-order valence-corrected chi connectivity index (χ1v) is 7.13. The van der Waals surface area contributed by atoms with Crippen molar-refractivity contribution in [3.8, 4) is 0 Å². The van der Waals surface area contributed by atoms with Gasteiger partial charge in [-0.2, -0.15) is 0 Å². The van der Waals surface area contributed by atoms with E-state index in [1.165, 1.54) is 18.7 Å². The molecule has 0 unspecified atom stereocenters. The molecule has 8 heteroatoms. The van der Waals surface area contributed by atoms with Crippen LogP contribution >= 0.6 is 0 Å². The molecule has 1 aromatic rings. The maximum absolute atomic E-state index is 12.3. The van der Waals surface area contributed by atoms with E-state index >= 15 is 0 Å². The SMILES string of the molecule is CC(=O)N1CCN(C(=O)CN(C(C)=O)c2cc(C)on2)CC1. The van der Waals surface area contributed by atoms with Gasteiger partial charge in [0.05, 0.1) is 0 Å². The van der Waals surface area contributed by atoms with Crippen molar-refractivity contribution in [3.63, 3.8) is 0 Å². The van der Waals surface area contributed by atoms with E-state index < -0.39 is 0 Å². The number of carbonyl (C=O) groups excluding carboxylic acids is 3. The molecule has 1 fully saturated rings. The van der Waals surface area contributed by atoms with Crippen LogP contribution in [0.25, 0.3) is 0 Å². The molecule has 3 amide bonds. The van der Waals surface area contributed by atoms with E-state index in [0.717, 1.165) is 0 Å². The first-order chi connectivity index (χ1) is 10.4. The molecular formula is C14H20N4O4. The second-order valence-electron chi connectivity index (χ2n) is 5.29. The largest absolute Gasteiger partial charge is 0.360 e. The van der Waals surface area contributed by atoms with Crippen LogP contribution in [0.1, 0.15) is 19.6 Å². The van der Waals surface area contributed by atoms with Gasteiger partial charge in [0.2, 0.25) is 17.7 Å². The molecule has 1 aliphatic heterocycles. The molecular weight excluding hydrogens is 288 g/mol. The van der Waals surface area contributed by atoms with Gasteiger partial charge in [0.15, 0.2) is 5.82 Å². The van der Waals surface area contributed by atoms with Gasteiger partial charge in [0, 0.05) is 46.1 Å². The number of aromatic nitrogens is 1. The topological polar surface area (TPSA) is 87.0 Å². The van der Waals surface area contributed by atoms with Crippen molar-refractivity contribution < 1.29 is 18.9 Å². The van der Waals surface area contributed by atoms with E-state index in [1.54, 1.807) is 22.8 Å². The lowest BCUT2D eigenvalue weighted by Crippen LogP contribution is -2.52. The van der Waals surface area contributed by atoms with E-state index in [4.69, 9.17) is 4.52 Å². The number of aryl methyl sites for hydroxylation is 1. The zero-order valence-electron chi connectivity index (χ0n) is 13.0. The Morgan fingerprint density at radius 1 is 1.18 bits per heavy atom. The van der Waals surface area contributed by atoms with E-state index in [-0.39, 0.29) is 24.3 Å². The molecule has 0 aliphatic carbocycles. The number of amides is 3. The molecule has 0 N–H and O–H groups in total. The minimum absolute atomic E-state index is 0.00975. The van der Waals surface area contributed by atoms with Crippen molar-refractivity contribution in [1.82, 2.24) is 15.0 Å². The third kappa shape index (κ3) is 3.63. The Balaban J connectivity index is 1.98. The molecule has 120 valence electrons. The highest BCUT2D eigenvalue weighted by Crippen LogP contribution is 2.14. The summed E-state index contributed by atoms with van der Waals surface area (Å²) in [5.74, 6) is 0.475. The lowest BCUT2D eigenvalue weighted by Gasteiger charge is -2.35. The number of hydrogen-bond acceptors (Lipinski definition) is 5. The Hall–Kier alpha value is -2.38. The number of carbonyl (C=O) groups is 3. The molecule has 0 aromatic carbocycles. The molecule has 2 rings (SSSR count). The highest BCUT2D eigenvalue weighted by atomic mass is 16.5. The molecule has 0 bridgehead atoms. The standard InChI is InChI=1S/C14H20N4O4/c1-10-8-13(15-22-10)18(12(3)20)9-14(21)17-6-4-16(5-7-17)11(2)19/h8H,4-7,9H2,1-3H3. The molecule has 22 heavy (non-hydrogen) atoms. The zero-order valence-corrected chi connectivity index (χ0v) is 13.0. The minimum atomic E-state index is -0.274. The molecule has 0 saturated carbocycles. The zero-order chi connectivity index (χ0) is 16.3. The Bertz CT molecular complexity index is 575. The van der Waals surface area contributed by atoms with Crippen LogP contribution in [0.4, 0.5) is 5.82 Å². The van der Waals surface area contributed by atoms with Gasteiger partial charge < -0.3 is 14.3 Å². The fraction of sp³-hybridized carbons (Fsp3) is 0.571.